The van der Waals surface area contributed by atoms with Crippen LogP contribution in [0.5, 0.6) is 0 Å². The van der Waals surface area contributed by atoms with Crippen molar-refractivity contribution in [3.63, 3.8) is 0 Å². The van der Waals surface area contributed by atoms with Crippen molar-refractivity contribution in [2.45, 2.75) is 83.6 Å². The molecule has 1 aromatic rings. The Morgan fingerprint density at radius 3 is 1.47 bits per heavy atom. The fourth-order valence-corrected chi connectivity index (χ4v) is 2.92. The molecule has 0 aromatic heterocycles. The Hall–Kier alpha value is -1.21. The van der Waals surface area contributed by atoms with Crippen LogP contribution in [0.2, 0.25) is 0 Å². The molecule has 1 aromatic carbocycles. The van der Waals surface area contributed by atoms with E-state index in [1.807, 2.05) is 0 Å². The monoisotopic (exact) mass is 520 g/mol. The van der Waals surface area contributed by atoms with E-state index in [0.29, 0.717) is 0 Å². The Labute approximate surface area is 215 Å². The van der Waals surface area contributed by atoms with Gasteiger partial charge >= 0.3 is 5.97 Å². The number of benzene rings is 1. The van der Waals surface area contributed by atoms with E-state index < -0.39 is 47.7 Å². The fraction of sp³-hybridized carbons (Fsp3) is 0.652. The largest absolute Gasteiger partial charge is 0.475 e. The van der Waals surface area contributed by atoms with Gasteiger partial charge in [0.05, 0.1) is 13.2 Å². The van der Waals surface area contributed by atoms with Crippen LogP contribution in [0, 0.1) is 0 Å². The van der Waals surface area contributed by atoms with Gasteiger partial charge in [-0.3, -0.25) is 4.79 Å². The van der Waals surface area contributed by atoms with E-state index in [1.165, 1.54) is 12.1 Å². The zero-order valence-electron chi connectivity index (χ0n) is 20.4. The van der Waals surface area contributed by atoms with Crippen molar-refractivity contribution >= 4 is 11.8 Å². The minimum atomic E-state index is -1.42. The first kappa shape index (κ1) is 32.8. The molecule has 11 heteroatoms. The molecule has 0 spiro atoms. The second-order valence-corrected chi connectivity index (χ2v) is 8.81. The minimum absolute atomic E-state index is 0. The number of aliphatic carboxylic acids is 1. The molecule has 34 heavy (non-hydrogen) atoms. The molecule has 10 nitrogen and oxygen atoms in total. The number of Topliss-reactive ketones (excluding diaryl/α,β-unsaturated/α-hetero) is 1. The third kappa shape index (κ3) is 11.5. The van der Waals surface area contributed by atoms with E-state index in [2.05, 4.69) is 0 Å². The molecule has 0 unspecified atom stereocenters. The zero-order chi connectivity index (χ0) is 25.4. The van der Waals surface area contributed by atoms with Gasteiger partial charge in [-0.1, -0.05) is 30.3 Å². The van der Waals surface area contributed by atoms with Gasteiger partial charge in [0.2, 0.25) is 0 Å². The summed E-state index contributed by atoms with van der Waals surface area (Å²) in [5.74, 6) is -3.74. The van der Waals surface area contributed by atoms with E-state index >= 15 is 0 Å². The molecule has 2 fully saturated rings. The summed E-state index contributed by atoms with van der Waals surface area (Å²) in [6, 6.07) is 7.90. The molecule has 0 amide bonds. The maximum absolute atomic E-state index is 10.7. The Kier molecular flexibility index (Phi) is 13.9. The van der Waals surface area contributed by atoms with Crippen LogP contribution >= 0.6 is 0 Å². The van der Waals surface area contributed by atoms with Gasteiger partial charge < -0.3 is 39.4 Å². The predicted octanol–water partition coefficient (Wildman–Crippen LogP) is 1.35. The summed E-state index contributed by atoms with van der Waals surface area (Å²) >= 11 is 0. The first-order chi connectivity index (χ1) is 15.1. The molecule has 4 N–H and O–H groups in total. The first-order valence-electron chi connectivity index (χ1n) is 10.7. The minimum Gasteiger partial charge on any atom is -0.475 e. The van der Waals surface area contributed by atoms with Crippen LogP contribution in [0.25, 0.3) is 0 Å². The molecule has 0 aliphatic carbocycles. The van der Waals surface area contributed by atoms with Crippen LogP contribution < -0.4 is 0 Å². The topological polar surface area (TPSA) is 152 Å². The maximum atomic E-state index is 10.7. The summed E-state index contributed by atoms with van der Waals surface area (Å²) in [5, 5.41) is 36.5. The maximum Gasteiger partial charge on any atom is 0.377 e. The number of ether oxygens (including phenoxy) is 4. The quantitative estimate of drug-likeness (QED) is 0.254. The normalized spacial score (nSPS) is 23.9. The summed E-state index contributed by atoms with van der Waals surface area (Å²) < 4.78 is 21.8. The SMILES string of the molecule is CC(C)O.CC1(C)OC[C@H]([C@@H](O)[C@H](O)[C@H]2COC(C)(C)O2)O1.O=C(O)C(=O)c1ccccc1.[Ti]. The summed E-state index contributed by atoms with van der Waals surface area (Å²) in [7, 11) is 0. The van der Waals surface area contributed by atoms with Crippen LogP contribution in [0.4, 0.5) is 0 Å². The summed E-state index contributed by atoms with van der Waals surface area (Å²) in [5.41, 5.74) is 0.208. The number of carbonyl (C=O) groups is 2. The number of aliphatic hydroxyl groups excluding tert-OH is 3. The van der Waals surface area contributed by atoms with Crippen molar-refractivity contribution in [3.8, 4) is 0 Å². The molecule has 0 radical (unpaired) electrons. The van der Waals surface area contributed by atoms with E-state index in [1.54, 1.807) is 59.7 Å². The zero-order valence-corrected chi connectivity index (χ0v) is 22.0. The number of carboxylic acid groups (broad SMARTS) is 1. The third-order valence-electron chi connectivity index (χ3n) is 4.40. The number of hydrogen-bond acceptors (Lipinski definition) is 9. The Bertz CT molecular complexity index is 721. The summed E-state index contributed by atoms with van der Waals surface area (Å²) in [4.78, 5) is 20.9. The molecular weight excluding hydrogens is 484 g/mol. The Morgan fingerprint density at radius 2 is 1.21 bits per heavy atom. The van der Waals surface area contributed by atoms with Crippen molar-refractivity contribution in [1.29, 1.82) is 0 Å². The second-order valence-electron chi connectivity index (χ2n) is 8.81. The first-order valence-corrected chi connectivity index (χ1v) is 10.7. The molecule has 2 saturated heterocycles. The van der Waals surface area contributed by atoms with Gasteiger partial charge in [0.1, 0.15) is 24.4 Å². The number of aliphatic hydroxyl groups is 3. The van der Waals surface area contributed by atoms with E-state index in [-0.39, 0.29) is 46.6 Å². The average Bonchev–Trinajstić information content (AvgIpc) is 3.28. The van der Waals surface area contributed by atoms with E-state index in [0.717, 1.165) is 0 Å². The van der Waals surface area contributed by atoms with Gasteiger partial charge in [-0.2, -0.15) is 0 Å². The average molecular weight is 520 g/mol. The number of rotatable bonds is 5. The molecular formula is C23H36O10Ti. The van der Waals surface area contributed by atoms with Crippen LogP contribution in [0.1, 0.15) is 51.9 Å². The Balaban J connectivity index is 0.000000583. The number of ketones is 1. The van der Waals surface area contributed by atoms with Crippen LogP contribution in [-0.2, 0) is 45.5 Å². The van der Waals surface area contributed by atoms with Crippen LogP contribution in [0.15, 0.2) is 30.3 Å². The molecule has 4 atom stereocenters. The van der Waals surface area contributed by atoms with Crippen molar-refractivity contribution in [1.82, 2.24) is 0 Å². The molecule has 3 rings (SSSR count). The van der Waals surface area contributed by atoms with Gasteiger partial charge in [-0.05, 0) is 41.5 Å². The molecule has 2 aliphatic heterocycles. The molecule has 0 saturated carbocycles. The van der Waals surface area contributed by atoms with Gasteiger partial charge in [-0.25, -0.2) is 4.79 Å². The van der Waals surface area contributed by atoms with Gasteiger partial charge in [0.25, 0.3) is 5.78 Å². The molecule has 192 valence electrons. The standard InChI is InChI=1S/C12H22O6.C8H6O3.C3H8O.Ti/c1-11(2)15-5-7(17-11)9(13)10(14)8-6-16-12(3,4)18-8;9-7(8(10)11)6-4-2-1-3-5-6;1-3(2)4;/h7-10,13-14H,5-6H2,1-4H3;1-5H,(H,10,11);3-4H,1-2H3;/t7-,8-,9-,10-;;;/m1.../s1. The molecule has 2 aliphatic rings. The van der Waals surface area contributed by atoms with E-state index in [9.17, 15) is 19.8 Å². The van der Waals surface area contributed by atoms with Gasteiger partial charge in [0.15, 0.2) is 11.6 Å². The molecule has 0 bridgehead atoms. The van der Waals surface area contributed by atoms with Gasteiger partial charge in [-0.15, -0.1) is 0 Å². The smallest absolute Gasteiger partial charge is 0.377 e. The van der Waals surface area contributed by atoms with Crippen molar-refractivity contribution < 1.29 is 70.7 Å². The number of carbonyl (C=O) groups excluding carboxylic acids is 1. The van der Waals surface area contributed by atoms with Crippen molar-refractivity contribution in [2.75, 3.05) is 13.2 Å². The van der Waals surface area contributed by atoms with Crippen LogP contribution in [-0.4, -0.2) is 87.5 Å². The summed E-state index contributed by atoms with van der Waals surface area (Å²) in [6.45, 7) is 11.0. The number of hydrogen-bond donors (Lipinski definition) is 4. The van der Waals surface area contributed by atoms with Crippen molar-refractivity contribution in [3.05, 3.63) is 35.9 Å². The number of carboxylic acids is 1. The predicted molar refractivity (Wildman–Crippen MR) is 118 cm³/mol. The second kappa shape index (κ2) is 14.4. The summed E-state index contributed by atoms with van der Waals surface area (Å²) in [6.07, 6.45) is -3.40. The van der Waals surface area contributed by atoms with Crippen LogP contribution in [0.3, 0.4) is 0 Å². The third-order valence-corrected chi connectivity index (χ3v) is 4.40. The van der Waals surface area contributed by atoms with E-state index in [4.69, 9.17) is 29.2 Å². The fourth-order valence-electron chi connectivity index (χ4n) is 2.92. The van der Waals surface area contributed by atoms with Gasteiger partial charge in [0, 0.05) is 33.4 Å². The molecule has 2 heterocycles. The Morgan fingerprint density at radius 1 is 0.853 bits per heavy atom. The van der Waals surface area contributed by atoms with Crippen molar-refractivity contribution in [2.24, 2.45) is 0 Å².